The standard InChI is InChI=1S/C21H26N2O3/c1-5-26-21(25)18-12-14(2)23(15(18)3)13-20(24)22(4)19-11-10-16-8-6-7-9-17(16)19/h6-9,12,19H,5,10-11,13H2,1-4H3/t19-/m0/s1. The normalized spacial score (nSPS) is 15.6. The second kappa shape index (κ2) is 7.36. The molecule has 2 aromatic rings. The lowest BCUT2D eigenvalue weighted by atomic mass is 10.1. The van der Waals surface area contributed by atoms with Crippen molar-refractivity contribution in [3.05, 3.63) is 58.4 Å². The van der Waals surface area contributed by atoms with Crippen LogP contribution in [0.3, 0.4) is 0 Å². The Bertz CT molecular complexity index is 838. The van der Waals surface area contributed by atoms with Gasteiger partial charge < -0.3 is 14.2 Å². The van der Waals surface area contributed by atoms with Crippen LogP contribution < -0.4 is 0 Å². The third-order valence-corrected chi connectivity index (χ3v) is 5.32. The van der Waals surface area contributed by atoms with Gasteiger partial charge in [-0.3, -0.25) is 4.79 Å². The average Bonchev–Trinajstić information content (AvgIpc) is 3.17. The van der Waals surface area contributed by atoms with Gasteiger partial charge in [-0.25, -0.2) is 4.79 Å². The summed E-state index contributed by atoms with van der Waals surface area (Å²) in [6, 6.07) is 10.3. The molecular formula is C21H26N2O3. The van der Waals surface area contributed by atoms with Gasteiger partial charge in [0.1, 0.15) is 6.54 Å². The number of carbonyl (C=O) groups excluding carboxylic acids is 2. The zero-order valence-corrected chi connectivity index (χ0v) is 15.9. The van der Waals surface area contributed by atoms with E-state index in [1.54, 1.807) is 13.0 Å². The number of aryl methyl sites for hydroxylation is 2. The molecule has 0 saturated carbocycles. The van der Waals surface area contributed by atoms with E-state index < -0.39 is 0 Å². The van der Waals surface area contributed by atoms with E-state index in [9.17, 15) is 9.59 Å². The molecule has 1 aliphatic rings. The molecule has 1 amide bonds. The van der Waals surface area contributed by atoms with E-state index in [4.69, 9.17) is 4.74 Å². The summed E-state index contributed by atoms with van der Waals surface area (Å²) in [4.78, 5) is 26.8. The fourth-order valence-electron chi connectivity index (χ4n) is 3.82. The van der Waals surface area contributed by atoms with Crippen LogP contribution in [0, 0.1) is 13.8 Å². The summed E-state index contributed by atoms with van der Waals surface area (Å²) in [7, 11) is 1.87. The number of carbonyl (C=O) groups is 2. The SMILES string of the molecule is CCOC(=O)c1cc(C)n(CC(=O)N(C)[C@H]2CCc3ccccc32)c1C. The van der Waals surface area contributed by atoms with Crippen molar-refractivity contribution in [2.45, 2.75) is 46.2 Å². The molecule has 5 heteroatoms. The third kappa shape index (κ3) is 3.26. The van der Waals surface area contributed by atoms with Crippen LogP contribution in [-0.2, 0) is 22.5 Å². The van der Waals surface area contributed by atoms with Gasteiger partial charge in [0.15, 0.2) is 0 Å². The van der Waals surface area contributed by atoms with Gasteiger partial charge in [0, 0.05) is 18.4 Å². The molecule has 1 heterocycles. The van der Waals surface area contributed by atoms with Crippen LogP contribution in [0.5, 0.6) is 0 Å². The van der Waals surface area contributed by atoms with Crippen molar-refractivity contribution in [1.82, 2.24) is 9.47 Å². The molecule has 0 fully saturated rings. The van der Waals surface area contributed by atoms with Crippen LogP contribution in [0.15, 0.2) is 30.3 Å². The number of likely N-dealkylation sites (N-methyl/N-ethyl adjacent to an activating group) is 1. The lowest BCUT2D eigenvalue weighted by Crippen LogP contribution is -2.33. The molecule has 0 radical (unpaired) electrons. The van der Waals surface area contributed by atoms with E-state index in [0.717, 1.165) is 24.2 Å². The Labute approximate surface area is 154 Å². The highest BCUT2D eigenvalue weighted by Gasteiger charge is 2.29. The number of hydrogen-bond acceptors (Lipinski definition) is 3. The number of aromatic nitrogens is 1. The zero-order chi connectivity index (χ0) is 18.8. The van der Waals surface area contributed by atoms with Crippen molar-refractivity contribution in [2.75, 3.05) is 13.7 Å². The molecule has 138 valence electrons. The average molecular weight is 354 g/mol. The largest absolute Gasteiger partial charge is 0.462 e. The highest BCUT2D eigenvalue weighted by molar-refractivity contribution is 5.91. The molecule has 0 bridgehead atoms. The van der Waals surface area contributed by atoms with Crippen molar-refractivity contribution in [1.29, 1.82) is 0 Å². The molecule has 0 aliphatic heterocycles. The molecule has 0 spiro atoms. The summed E-state index contributed by atoms with van der Waals surface area (Å²) in [6.07, 6.45) is 1.96. The van der Waals surface area contributed by atoms with Crippen LogP contribution in [-0.4, -0.2) is 35.0 Å². The molecule has 0 unspecified atom stereocenters. The van der Waals surface area contributed by atoms with Crippen molar-refractivity contribution in [3.63, 3.8) is 0 Å². The van der Waals surface area contributed by atoms with Gasteiger partial charge in [0.25, 0.3) is 0 Å². The van der Waals surface area contributed by atoms with Gasteiger partial charge in [-0.15, -0.1) is 0 Å². The fourth-order valence-corrected chi connectivity index (χ4v) is 3.82. The molecule has 3 rings (SSSR count). The molecule has 1 aromatic heterocycles. The number of esters is 1. The first-order chi connectivity index (χ1) is 12.4. The Hall–Kier alpha value is -2.56. The quantitative estimate of drug-likeness (QED) is 0.773. The number of nitrogens with zero attached hydrogens (tertiary/aromatic N) is 2. The Morgan fingerprint density at radius 3 is 2.73 bits per heavy atom. The molecular weight excluding hydrogens is 328 g/mol. The summed E-state index contributed by atoms with van der Waals surface area (Å²) < 4.78 is 7.00. The third-order valence-electron chi connectivity index (χ3n) is 5.32. The van der Waals surface area contributed by atoms with Crippen LogP contribution in [0.2, 0.25) is 0 Å². The van der Waals surface area contributed by atoms with Crippen LogP contribution in [0.25, 0.3) is 0 Å². The van der Waals surface area contributed by atoms with E-state index in [1.165, 1.54) is 11.1 Å². The fraction of sp³-hybridized carbons (Fsp3) is 0.429. The first-order valence-corrected chi connectivity index (χ1v) is 9.11. The Kier molecular flexibility index (Phi) is 5.16. The van der Waals surface area contributed by atoms with Gasteiger partial charge in [0.05, 0.1) is 18.2 Å². The maximum absolute atomic E-state index is 12.9. The number of hydrogen-bond donors (Lipinski definition) is 0. The van der Waals surface area contributed by atoms with Gasteiger partial charge in [-0.2, -0.15) is 0 Å². The van der Waals surface area contributed by atoms with E-state index in [2.05, 4.69) is 12.1 Å². The number of amides is 1. The van der Waals surface area contributed by atoms with E-state index in [0.29, 0.717) is 12.2 Å². The lowest BCUT2D eigenvalue weighted by Gasteiger charge is -2.26. The highest BCUT2D eigenvalue weighted by Crippen LogP contribution is 2.35. The summed E-state index contributed by atoms with van der Waals surface area (Å²) >= 11 is 0. The Balaban J connectivity index is 1.77. The zero-order valence-electron chi connectivity index (χ0n) is 15.9. The van der Waals surface area contributed by atoms with Crippen molar-refractivity contribution in [3.8, 4) is 0 Å². The smallest absolute Gasteiger partial charge is 0.339 e. The van der Waals surface area contributed by atoms with Crippen LogP contribution >= 0.6 is 0 Å². The van der Waals surface area contributed by atoms with Crippen molar-refractivity contribution >= 4 is 11.9 Å². The van der Waals surface area contributed by atoms with Gasteiger partial charge >= 0.3 is 5.97 Å². The van der Waals surface area contributed by atoms with Crippen molar-refractivity contribution in [2.24, 2.45) is 0 Å². The van der Waals surface area contributed by atoms with E-state index in [1.807, 2.05) is 42.5 Å². The number of ether oxygens (including phenoxy) is 1. The second-order valence-corrected chi connectivity index (χ2v) is 6.85. The van der Waals surface area contributed by atoms with Crippen LogP contribution in [0.1, 0.15) is 52.3 Å². The maximum atomic E-state index is 12.9. The molecule has 5 nitrogen and oxygen atoms in total. The summed E-state index contributed by atoms with van der Waals surface area (Å²) in [5.74, 6) is -0.290. The summed E-state index contributed by atoms with van der Waals surface area (Å²) in [5, 5.41) is 0. The molecule has 1 atom stereocenters. The highest BCUT2D eigenvalue weighted by atomic mass is 16.5. The predicted octanol–water partition coefficient (Wildman–Crippen LogP) is 3.43. The Morgan fingerprint density at radius 1 is 1.27 bits per heavy atom. The minimum atomic E-state index is -0.336. The first-order valence-electron chi connectivity index (χ1n) is 9.11. The number of fused-ring (bicyclic) bond motifs is 1. The number of rotatable bonds is 5. The first kappa shape index (κ1) is 18.2. The van der Waals surface area contributed by atoms with Gasteiger partial charge in [-0.05, 0) is 50.8 Å². The molecule has 0 N–H and O–H groups in total. The second-order valence-electron chi connectivity index (χ2n) is 6.85. The summed E-state index contributed by atoms with van der Waals surface area (Å²) in [6.45, 7) is 6.12. The molecule has 0 saturated heterocycles. The predicted molar refractivity (Wildman–Crippen MR) is 100 cm³/mol. The minimum Gasteiger partial charge on any atom is -0.462 e. The van der Waals surface area contributed by atoms with Gasteiger partial charge in [-0.1, -0.05) is 24.3 Å². The van der Waals surface area contributed by atoms with Crippen molar-refractivity contribution < 1.29 is 14.3 Å². The van der Waals surface area contributed by atoms with E-state index in [-0.39, 0.29) is 24.5 Å². The molecule has 26 heavy (non-hydrogen) atoms. The maximum Gasteiger partial charge on any atom is 0.339 e. The monoisotopic (exact) mass is 354 g/mol. The van der Waals surface area contributed by atoms with Gasteiger partial charge in [0.2, 0.25) is 5.91 Å². The summed E-state index contributed by atoms with van der Waals surface area (Å²) in [5.41, 5.74) is 4.77. The lowest BCUT2D eigenvalue weighted by molar-refractivity contribution is -0.132. The van der Waals surface area contributed by atoms with E-state index >= 15 is 0 Å². The minimum absolute atomic E-state index is 0.0453. The Morgan fingerprint density at radius 2 is 2.00 bits per heavy atom. The molecule has 1 aliphatic carbocycles. The molecule has 1 aromatic carbocycles. The van der Waals surface area contributed by atoms with Crippen LogP contribution in [0.4, 0.5) is 0 Å². The number of benzene rings is 1. The topological polar surface area (TPSA) is 51.5 Å².